The van der Waals surface area contributed by atoms with Crippen molar-refractivity contribution in [3.8, 4) is 0 Å². The normalized spacial score (nSPS) is 22.7. The Balaban J connectivity index is 2.01. The minimum Gasteiger partial charge on any atom is -0.394 e. The van der Waals surface area contributed by atoms with E-state index >= 15 is 0 Å². The highest BCUT2D eigenvalue weighted by Gasteiger charge is 2.22. The van der Waals surface area contributed by atoms with Crippen LogP contribution in [-0.2, 0) is 6.54 Å². The van der Waals surface area contributed by atoms with E-state index in [2.05, 4.69) is 26.3 Å². The predicted molar refractivity (Wildman–Crippen MR) is 75.1 cm³/mol. The molecule has 0 radical (unpaired) electrons. The zero-order valence-corrected chi connectivity index (χ0v) is 12.1. The number of halogens is 1. The van der Waals surface area contributed by atoms with E-state index in [-0.39, 0.29) is 24.8 Å². The molecule has 1 aliphatic carbocycles. The van der Waals surface area contributed by atoms with E-state index < -0.39 is 0 Å². The number of hydrogen-bond donors (Lipinski definition) is 3. The van der Waals surface area contributed by atoms with Crippen molar-refractivity contribution in [3.05, 3.63) is 21.0 Å². The van der Waals surface area contributed by atoms with Crippen LogP contribution in [0.5, 0.6) is 0 Å². The lowest BCUT2D eigenvalue weighted by Gasteiger charge is -2.13. The number of hydrogen-bond acceptors (Lipinski definition) is 5. The SMILES string of the molecule is O=c1c(Br)c(NCC2CCC(O)C2)cnn1CCO. The molecule has 3 N–H and O–H groups in total. The molecular formula is C12H18BrN3O3. The molecule has 2 rings (SSSR count). The summed E-state index contributed by atoms with van der Waals surface area (Å²) in [6, 6.07) is 0. The van der Waals surface area contributed by atoms with Crippen molar-refractivity contribution >= 4 is 21.6 Å². The highest BCUT2D eigenvalue weighted by molar-refractivity contribution is 9.10. The van der Waals surface area contributed by atoms with Crippen molar-refractivity contribution < 1.29 is 10.2 Å². The number of aliphatic hydroxyl groups is 2. The van der Waals surface area contributed by atoms with Crippen LogP contribution in [0, 0.1) is 5.92 Å². The maximum absolute atomic E-state index is 11.9. The van der Waals surface area contributed by atoms with Crippen LogP contribution in [0.15, 0.2) is 15.5 Å². The van der Waals surface area contributed by atoms with Gasteiger partial charge >= 0.3 is 0 Å². The Morgan fingerprint density at radius 1 is 1.53 bits per heavy atom. The highest BCUT2D eigenvalue weighted by Crippen LogP contribution is 2.26. The van der Waals surface area contributed by atoms with Gasteiger partial charge in [0.2, 0.25) is 0 Å². The molecule has 2 unspecified atom stereocenters. The van der Waals surface area contributed by atoms with Crippen molar-refractivity contribution in [1.82, 2.24) is 9.78 Å². The van der Waals surface area contributed by atoms with E-state index in [9.17, 15) is 9.90 Å². The van der Waals surface area contributed by atoms with Crippen LogP contribution in [0.4, 0.5) is 5.69 Å². The quantitative estimate of drug-likeness (QED) is 0.734. The monoisotopic (exact) mass is 331 g/mol. The molecule has 7 heteroatoms. The summed E-state index contributed by atoms with van der Waals surface area (Å²) in [5.41, 5.74) is 0.395. The molecule has 1 aromatic rings. The first-order valence-corrected chi connectivity index (χ1v) is 7.19. The van der Waals surface area contributed by atoms with Gasteiger partial charge in [-0.25, -0.2) is 4.68 Å². The number of nitrogens with one attached hydrogen (secondary N) is 1. The van der Waals surface area contributed by atoms with Crippen molar-refractivity contribution in [3.63, 3.8) is 0 Å². The summed E-state index contributed by atoms with van der Waals surface area (Å²) >= 11 is 3.26. The summed E-state index contributed by atoms with van der Waals surface area (Å²) in [6.45, 7) is 0.791. The first kappa shape index (κ1) is 14.5. The summed E-state index contributed by atoms with van der Waals surface area (Å²) in [4.78, 5) is 11.9. The van der Waals surface area contributed by atoms with E-state index in [0.717, 1.165) is 25.8 Å². The molecule has 0 saturated heterocycles. The summed E-state index contributed by atoms with van der Waals surface area (Å²) in [7, 11) is 0. The fourth-order valence-electron chi connectivity index (χ4n) is 2.33. The zero-order chi connectivity index (χ0) is 13.8. The molecule has 1 heterocycles. The Bertz CT molecular complexity index is 492. The van der Waals surface area contributed by atoms with Gasteiger partial charge in [0, 0.05) is 6.54 Å². The van der Waals surface area contributed by atoms with E-state index in [4.69, 9.17) is 5.11 Å². The number of anilines is 1. The average molecular weight is 332 g/mol. The first-order valence-electron chi connectivity index (χ1n) is 6.40. The van der Waals surface area contributed by atoms with E-state index in [0.29, 0.717) is 16.1 Å². The Morgan fingerprint density at radius 3 is 2.95 bits per heavy atom. The second-order valence-electron chi connectivity index (χ2n) is 4.84. The van der Waals surface area contributed by atoms with Crippen LogP contribution < -0.4 is 10.9 Å². The second kappa shape index (κ2) is 6.49. The maximum atomic E-state index is 11.9. The van der Waals surface area contributed by atoms with Gasteiger partial charge in [0.05, 0.1) is 31.1 Å². The summed E-state index contributed by atoms with van der Waals surface area (Å²) in [6.07, 6.45) is 4.04. The lowest BCUT2D eigenvalue weighted by atomic mass is 10.1. The molecule has 6 nitrogen and oxygen atoms in total. The number of rotatable bonds is 5. The number of nitrogens with zero attached hydrogens (tertiary/aromatic N) is 2. The van der Waals surface area contributed by atoms with Gasteiger partial charge in [-0.3, -0.25) is 4.79 Å². The van der Waals surface area contributed by atoms with Crippen LogP contribution in [0.1, 0.15) is 19.3 Å². The van der Waals surface area contributed by atoms with E-state index in [1.807, 2.05) is 0 Å². The van der Waals surface area contributed by atoms with Crippen molar-refractivity contribution in [2.24, 2.45) is 5.92 Å². The molecule has 0 aliphatic heterocycles. The average Bonchev–Trinajstić information content (AvgIpc) is 2.80. The van der Waals surface area contributed by atoms with Gasteiger partial charge in [-0.05, 0) is 41.1 Å². The molecule has 2 atom stereocenters. The first-order chi connectivity index (χ1) is 9.11. The van der Waals surface area contributed by atoms with Crippen LogP contribution in [0.25, 0.3) is 0 Å². The molecule has 0 bridgehead atoms. The second-order valence-corrected chi connectivity index (χ2v) is 5.63. The maximum Gasteiger partial charge on any atom is 0.283 e. The topological polar surface area (TPSA) is 87.4 Å². The third kappa shape index (κ3) is 3.55. The summed E-state index contributed by atoms with van der Waals surface area (Å²) < 4.78 is 1.64. The van der Waals surface area contributed by atoms with Gasteiger partial charge in [0.15, 0.2) is 0 Å². The molecular weight excluding hydrogens is 314 g/mol. The standard InChI is InChI=1S/C12H18BrN3O3/c13-11-10(7-15-16(3-4-17)12(11)19)14-6-8-1-2-9(18)5-8/h7-9,14,17-18H,1-6H2. The molecule has 1 fully saturated rings. The third-order valence-electron chi connectivity index (χ3n) is 3.39. The zero-order valence-electron chi connectivity index (χ0n) is 10.5. The van der Waals surface area contributed by atoms with Gasteiger partial charge in [0.25, 0.3) is 5.56 Å². The fraction of sp³-hybridized carbons (Fsp3) is 0.667. The van der Waals surface area contributed by atoms with Crippen molar-refractivity contribution in [2.45, 2.75) is 31.9 Å². The van der Waals surface area contributed by atoms with Gasteiger partial charge in [-0.15, -0.1) is 0 Å². The molecule has 106 valence electrons. The van der Waals surface area contributed by atoms with Crippen LogP contribution in [0.3, 0.4) is 0 Å². The molecule has 0 aromatic carbocycles. The van der Waals surface area contributed by atoms with E-state index in [1.165, 1.54) is 4.68 Å². The van der Waals surface area contributed by atoms with Gasteiger partial charge < -0.3 is 15.5 Å². The molecule has 19 heavy (non-hydrogen) atoms. The van der Waals surface area contributed by atoms with Crippen LogP contribution in [-0.4, -0.2) is 39.2 Å². The van der Waals surface area contributed by atoms with Crippen LogP contribution >= 0.6 is 15.9 Å². The summed E-state index contributed by atoms with van der Waals surface area (Å²) in [5.74, 6) is 0.432. The molecule has 1 aliphatic rings. The molecule has 0 amide bonds. The minimum atomic E-state index is -0.259. The van der Waals surface area contributed by atoms with E-state index in [1.54, 1.807) is 6.20 Å². The fourth-order valence-corrected chi connectivity index (χ4v) is 2.78. The highest BCUT2D eigenvalue weighted by atomic mass is 79.9. The molecule has 1 saturated carbocycles. The lowest BCUT2D eigenvalue weighted by molar-refractivity contribution is 0.178. The number of aromatic nitrogens is 2. The van der Waals surface area contributed by atoms with Gasteiger partial charge in [0.1, 0.15) is 4.47 Å². The summed E-state index contributed by atoms with van der Waals surface area (Å²) in [5, 5.41) is 25.5. The Morgan fingerprint density at radius 2 is 2.32 bits per heavy atom. The van der Waals surface area contributed by atoms with Crippen LogP contribution in [0.2, 0.25) is 0 Å². The largest absolute Gasteiger partial charge is 0.394 e. The van der Waals surface area contributed by atoms with Gasteiger partial charge in [-0.1, -0.05) is 0 Å². The lowest BCUT2D eigenvalue weighted by Crippen LogP contribution is -2.26. The third-order valence-corrected chi connectivity index (χ3v) is 4.16. The molecule has 0 spiro atoms. The predicted octanol–water partition coefficient (Wildman–Crippen LogP) is 0.571. The minimum absolute atomic E-state index is 0.119. The van der Waals surface area contributed by atoms with Gasteiger partial charge in [-0.2, -0.15) is 5.10 Å². The Kier molecular flexibility index (Phi) is 4.95. The van der Waals surface area contributed by atoms with Crippen molar-refractivity contribution in [1.29, 1.82) is 0 Å². The Labute approximate surface area is 119 Å². The Hall–Kier alpha value is -0.920. The molecule has 1 aromatic heterocycles. The van der Waals surface area contributed by atoms with Crippen molar-refractivity contribution in [2.75, 3.05) is 18.5 Å². The number of aliphatic hydroxyl groups excluding tert-OH is 2. The smallest absolute Gasteiger partial charge is 0.283 e.